The van der Waals surface area contributed by atoms with Gasteiger partial charge in [-0.2, -0.15) is 0 Å². The zero-order valence-corrected chi connectivity index (χ0v) is 9.14. The first-order chi connectivity index (χ1) is 7.29. The van der Waals surface area contributed by atoms with Crippen molar-refractivity contribution in [3.8, 4) is 0 Å². The highest BCUT2D eigenvalue weighted by molar-refractivity contribution is 7.90. The summed E-state index contributed by atoms with van der Waals surface area (Å²) in [6.07, 6.45) is 0.764. The molecule has 0 saturated carbocycles. The van der Waals surface area contributed by atoms with Crippen LogP contribution in [0.5, 0.6) is 0 Å². The Morgan fingerprint density at radius 1 is 1.38 bits per heavy atom. The number of halogens is 2. The molecule has 1 aromatic carbocycles. The second kappa shape index (κ2) is 4.26. The molecule has 16 heavy (non-hydrogen) atoms. The van der Waals surface area contributed by atoms with E-state index in [0.717, 1.165) is 18.4 Å². The van der Waals surface area contributed by atoms with E-state index in [4.69, 9.17) is 5.73 Å². The summed E-state index contributed by atoms with van der Waals surface area (Å²) in [4.78, 5) is 10.4. The van der Waals surface area contributed by atoms with Crippen molar-refractivity contribution < 1.29 is 22.0 Å². The number of nitrogens with two attached hydrogens (primary N) is 1. The van der Waals surface area contributed by atoms with Crippen LogP contribution in [0.1, 0.15) is 10.4 Å². The highest BCUT2D eigenvalue weighted by Gasteiger charge is 2.23. The fourth-order valence-electron chi connectivity index (χ4n) is 1.18. The van der Waals surface area contributed by atoms with E-state index >= 15 is 0 Å². The molecule has 4 nitrogen and oxygen atoms in total. The van der Waals surface area contributed by atoms with Gasteiger partial charge in [-0.25, -0.2) is 17.2 Å². The highest BCUT2D eigenvalue weighted by Crippen LogP contribution is 2.21. The van der Waals surface area contributed by atoms with Crippen LogP contribution in [0.15, 0.2) is 17.0 Å². The third kappa shape index (κ3) is 2.25. The highest BCUT2D eigenvalue weighted by atomic mass is 32.2. The summed E-state index contributed by atoms with van der Waals surface area (Å²) >= 11 is 0. The van der Waals surface area contributed by atoms with Gasteiger partial charge in [-0.05, 0) is 12.1 Å². The third-order valence-electron chi connectivity index (χ3n) is 1.92. The number of carbonyl (C=O) groups excluding carboxylic acids is 1. The lowest BCUT2D eigenvalue weighted by atomic mass is 10.1. The fraction of sp³-hybridized carbons (Fsp3) is 0.222. The van der Waals surface area contributed by atoms with Crippen molar-refractivity contribution in [2.24, 2.45) is 5.73 Å². The number of ketones is 1. The average Bonchev–Trinajstić information content (AvgIpc) is 2.15. The van der Waals surface area contributed by atoms with Crippen molar-refractivity contribution in [3.63, 3.8) is 0 Å². The molecule has 0 atom stereocenters. The molecule has 2 N–H and O–H groups in total. The van der Waals surface area contributed by atoms with E-state index in [2.05, 4.69) is 0 Å². The maximum Gasteiger partial charge on any atom is 0.182 e. The fourth-order valence-corrected chi connectivity index (χ4v) is 1.92. The van der Waals surface area contributed by atoms with Crippen LogP contribution in [0.2, 0.25) is 0 Å². The largest absolute Gasteiger partial charge is 0.324 e. The van der Waals surface area contributed by atoms with Crippen LogP contribution in [0.25, 0.3) is 0 Å². The van der Waals surface area contributed by atoms with Gasteiger partial charge in [-0.15, -0.1) is 0 Å². The van der Waals surface area contributed by atoms with Gasteiger partial charge in [-0.3, -0.25) is 4.79 Å². The minimum Gasteiger partial charge on any atom is -0.324 e. The standard InChI is InChI=1S/C9H9F2NO3S/c1-16(14,15)7-3-2-5(10)8(9(7)11)6(13)4-12/h2-3H,4,12H2,1H3. The molecule has 0 aliphatic rings. The number of Topliss-reactive ketones (excluding diaryl/α,β-unsaturated/α-hetero) is 1. The summed E-state index contributed by atoms with van der Waals surface area (Å²) < 4.78 is 49.0. The third-order valence-corrected chi connectivity index (χ3v) is 3.03. The Morgan fingerprint density at radius 3 is 2.38 bits per heavy atom. The molecule has 0 aliphatic heterocycles. The normalized spacial score (nSPS) is 11.5. The van der Waals surface area contributed by atoms with E-state index in [1.165, 1.54) is 0 Å². The Balaban J connectivity index is 3.57. The molecule has 7 heteroatoms. The lowest BCUT2D eigenvalue weighted by molar-refractivity contribution is 0.0993. The summed E-state index contributed by atoms with van der Waals surface area (Å²) in [5.41, 5.74) is 4.06. The molecule has 0 aliphatic carbocycles. The van der Waals surface area contributed by atoms with Gasteiger partial charge in [0.2, 0.25) is 0 Å². The van der Waals surface area contributed by atoms with Crippen molar-refractivity contribution >= 4 is 15.6 Å². The monoisotopic (exact) mass is 249 g/mol. The minimum atomic E-state index is -3.85. The van der Waals surface area contributed by atoms with Crippen LogP contribution in [-0.2, 0) is 9.84 Å². The van der Waals surface area contributed by atoms with Gasteiger partial charge in [0, 0.05) is 6.26 Å². The number of sulfone groups is 1. The van der Waals surface area contributed by atoms with Crippen molar-refractivity contribution in [3.05, 3.63) is 29.3 Å². The lowest BCUT2D eigenvalue weighted by Crippen LogP contribution is -2.18. The molecular weight excluding hydrogens is 240 g/mol. The number of rotatable bonds is 3. The van der Waals surface area contributed by atoms with Crippen LogP contribution >= 0.6 is 0 Å². The summed E-state index contributed by atoms with van der Waals surface area (Å²) in [6.45, 7) is -0.596. The first-order valence-electron chi connectivity index (χ1n) is 4.20. The van der Waals surface area contributed by atoms with E-state index in [0.29, 0.717) is 0 Å². The van der Waals surface area contributed by atoms with Crippen molar-refractivity contribution in [2.45, 2.75) is 4.90 Å². The van der Waals surface area contributed by atoms with Crippen molar-refractivity contribution in [1.82, 2.24) is 0 Å². The molecule has 1 aromatic rings. The molecule has 0 radical (unpaired) electrons. The summed E-state index contributed by atoms with van der Waals surface area (Å²) in [5.74, 6) is -3.50. The van der Waals surface area contributed by atoms with E-state index in [1.54, 1.807) is 0 Å². The van der Waals surface area contributed by atoms with Crippen LogP contribution in [0.3, 0.4) is 0 Å². The molecule has 0 spiro atoms. The van der Waals surface area contributed by atoms with E-state index in [-0.39, 0.29) is 0 Å². The van der Waals surface area contributed by atoms with Gasteiger partial charge in [0.1, 0.15) is 10.7 Å². The van der Waals surface area contributed by atoms with Gasteiger partial charge in [0.25, 0.3) is 0 Å². The van der Waals surface area contributed by atoms with Crippen LogP contribution in [-0.4, -0.2) is 27.0 Å². The number of benzene rings is 1. The van der Waals surface area contributed by atoms with E-state index < -0.39 is 44.3 Å². The van der Waals surface area contributed by atoms with Gasteiger partial charge in [0.15, 0.2) is 21.4 Å². The van der Waals surface area contributed by atoms with E-state index in [9.17, 15) is 22.0 Å². The predicted octanol–water partition coefficient (Wildman–Crippen LogP) is 0.510. The first kappa shape index (κ1) is 12.7. The molecule has 0 unspecified atom stereocenters. The zero-order chi connectivity index (χ0) is 12.5. The Hall–Kier alpha value is -1.34. The minimum absolute atomic E-state index is 0.596. The molecule has 0 amide bonds. The quantitative estimate of drug-likeness (QED) is 0.625. The first-order valence-corrected chi connectivity index (χ1v) is 6.09. The predicted molar refractivity (Wildman–Crippen MR) is 52.9 cm³/mol. The molecule has 0 aromatic heterocycles. The Morgan fingerprint density at radius 2 is 1.94 bits per heavy atom. The average molecular weight is 249 g/mol. The summed E-state index contributed by atoms with van der Waals surface area (Å²) in [7, 11) is -3.85. The lowest BCUT2D eigenvalue weighted by Gasteiger charge is -2.06. The molecule has 0 fully saturated rings. The van der Waals surface area contributed by atoms with Gasteiger partial charge in [0.05, 0.1) is 12.1 Å². The van der Waals surface area contributed by atoms with Gasteiger partial charge < -0.3 is 5.73 Å². The maximum atomic E-state index is 13.6. The Bertz CT molecular complexity index is 540. The number of carbonyl (C=O) groups is 1. The summed E-state index contributed by atoms with van der Waals surface area (Å²) in [6, 6.07) is 1.50. The molecule has 1 rings (SSSR count). The molecule has 88 valence electrons. The second-order valence-corrected chi connectivity index (χ2v) is 5.12. The molecule has 0 saturated heterocycles. The van der Waals surface area contributed by atoms with Crippen LogP contribution < -0.4 is 5.73 Å². The molecule has 0 heterocycles. The van der Waals surface area contributed by atoms with Crippen LogP contribution in [0.4, 0.5) is 8.78 Å². The summed E-state index contributed by atoms with van der Waals surface area (Å²) in [5, 5.41) is 0. The Kier molecular flexibility index (Phi) is 3.39. The van der Waals surface area contributed by atoms with Crippen molar-refractivity contribution in [1.29, 1.82) is 0 Å². The van der Waals surface area contributed by atoms with E-state index in [1.807, 2.05) is 0 Å². The van der Waals surface area contributed by atoms with Gasteiger partial charge >= 0.3 is 0 Å². The SMILES string of the molecule is CS(=O)(=O)c1ccc(F)c(C(=O)CN)c1F. The zero-order valence-electron chi connectivity index (χ0n) is 8.33. The van der Waals surface area contributed by atoms with Crippen LogP contribution in [0, 0.1) is 11.6 Å². The maximum absolute atomic E-state index is 13.6. The van der Waals surface area contributed by atoms with Gasteiger partial charge in [-0.1, -0.05) is 0 Å². The number of hydrogen-bond donors (Lipinski definition) is 1. The smallest absolute Gasteiger partial charge is 0.182 e. The topological polar surface area (TPSA) is 77.2 Å². The Labute approximate surface area is 91.0 Å². The van der Waals surface area contributed by atoms with Crippen molar-refractivity contribution in [2.75, 3.05) is 12.8 Å². The number of hydrogen-bond acceptors (Lipinski definition) is 4. The molecular formula is C9H9F2NO3S. The molecule has 0 bridgehead atoms. The second-order valence-electron chi connectivity index (χ2n) is 3.13.